The molecule has 1 atom stereocenters. The Morgan fingerprint density at radius 1 is 1.62 bits per heavy atom. The SMILES string of the molecule is CC(=O)N1CCC(NCc2ccc(C)s2)C1. The summed E-state index contributed by atoms with van der Waals surface area (Å²) in [7, 11) is 0. The van der Waals surface area contributed by atoms with Crippen molar-refractivity contribution in [3.8, 4) is 0 Å². The first-order valence-electron chi connectivity index (χ1n) is 5.69. The van der Waals surface area contributed by atoms with Gasteiger partial charge < -0.3 is 10.2 Å². The summed E-state index contributed by atoms with van der Waals surface area (Å²) >= 11 is 1.84. The Balaban J connectivity index is 1.77. The minimum atomic E-state index is 0.191. The van der Waals surface area contributed by atoms with E-state index in [0.717, 1.165) is 26.1 Å². The van der Waals surface area contributed by atoms with Crippen LogP contribution in [0.5, 0.6) is 0 Å². The molecular formula is C12H18N2OS. The summed E-state index contributed by atoms with van der Waals surface area (Å²) in [6.07, 6.45) is 1.07. The zero-order chi connectivity index (χ0) is 11.5. The van der Waals surface area contributed by atoms with Gasteiger partial charge >= 0.3 is 0 Å². The van der Waals surface area contributed by atoms with E-state index in [1.165, 1.54) is 9.75 Å². The fraction of sp³-hybridized carbons (Fsp3) is 0.583. The predicted molar refractivity (Wildman–Crippen MR) is 66.6 cm³/mol. The Morgan fingerprint density at radius 2 is 2.44 bits per heavy atom. The summed E-state index contributed by atoms with van der Waals surface area (Å²) in [5, 5.41) is 3.51. The summed E-state index contributed by atoms with van der Waals surface area (Å²) in [4.78, 5) is 15.8. The van der Waals surface area contributed by atoms with E-state index in [0.29, 0.717) is 6.04 Å². The number of hydrogen-bond acceptors (Lipinski definition) is 3. The van der Waals surface area contributed by atoms with Crippen LogP contribution in [0.25, 0.3) is 0 Å². The van der Waals surface area contributed by atoms with E-state index in [-0.39, 0.29) is 5.91 Å². The van der Waals surface area contributed by atoms with Crippen molar-refractivity contribution in [2.24, 2.45) is 0 Å². The molecule has 0 bridgehead atoms. The third kappa shape index (κ3) is 2.83. The van der Waals surface area contributed by atoms with Crippen molar-refractivity contribution < 1.29 is 4.79 Å². The minimum Gasteiger partial charge on any atom is -0.341 e. The molecule has 3 nitrogen and oxygen atoms in total. The molecule has 1 aromatic heterocycles. The van der Waals surface area contributed by atoms with Crippen molar-refractivity contribution in [3.63, 3.8) is 0 Å². The standard InChI is InChI=1S/C12H18N2OS/c1-9-3-4-12(16-9)7-13-11-5-6-14(8-11)10(2)15/h3-4,11,13H,5-8H2,1-2H3. The van der Waals surface area contributed by atoms with Crippen LogP contribution in [-0.4, -0.2) is 29.9 Å². The van der Waals surface area contributed by atoms with Gasteiger partial charge in [0.2, 0.25) is 5.91 Å². The quantitative estimate of drug-likeness (QED) is 0.870. The molecule has 4 heteroatoms. The van der Waals surface area contributed by atoms with Crippen molar-refractivity contribution in [1.82, 2.24) is 10.2 Å². The number of nitrogens with one attached hydrogen (secondary N) is 1. The second-order valence-electron chi connectivity index (χ2n) is 4.34. The molecule has 1 N–H and O–H groups in total. The molecule has 88 valence electrons. The maximum absolute atomic E-state index is 11.2. The normalized spacial score (nSPS) is 20.4. The Hall–Kier alpha value is -0.870. The third-order valence-electron chi connectivity index (χ3n) is 2.99. The number of nitrogens with zero attached hydrogens (tertiary/aromatic N) is 1. The average Bonchev–Trinajstić information content (AvgIpc) is 2.83. The Bertz CT molecular complexity index is 375. The van der Waals surface area contributed by atoms with Gasteiger partial charge in [-0.1, -0.05) is 0 Å². The van der Waals surface area contributed by atoms with Crippen LogP contribution in [0.3, 0.4) is 0 Å². The van der Waals surface area contributed by atoms with Crippen LogP contribution in [0.2, 0.25) is 0 Å². The second-order valence-corrected chi connectivity index (χ2v) is 5.72. The molecule has 1 aliphatic heterocycles. The number of thiophene rings is 1. The summed E-state index contributed by atoms with van der Waals surface area (Å²) < 4.78 is 0. The monoisotopic (exact) mass is 238 g/mol. The highest BCUT2D eigenvalue weighted by Gasteiger charge is 2.23. The lowest BCUT2D eigenvalue weighted by Crippen LogP contribution is -2.33. The minimum absolute atomic E-state index is 0.191. The molecule has 0 saturated carbocycles. The smallest absolute Gasteiger partial charge is 0.219 e. The van der Waals surface area contributed by atoms with E-state index >= 15 is 0 Å². The number of carbonyl (C=O) groups excluding carboxylic acids is 1. The highest BCUT2D eigenvalue weighted by Crippen LogP contribution is 2.16. The first-order chi connectivity index (χ1) is 7.65. The van der Waals surface area contributed by atoms with Gasteiger partial charge in [0.1, 0.15) is 0 Å². The molecule has 1 fully saturated rings. The van der Waals surface area contributed by atoms with E-state index < -0.39 is 0 Å². The number of carbonyl (C=O) groups is 1. The van der Waals surface area contributed by atoms with E-state index in [2.05, 4.69) is 24.4 Å². The molecule has 0 aliphatic carbocycles. The van der Waals surface area contributed by atoms with Gasteiger partial charge in [0.25, 0.3) is 0 Å². The lowest BCUT2D eigenvalue weighted by Gasteiger charge is -2.14. The number of likely N-dealkylation sites (tertiary alicyclic amines) is 1. The summed E-state index contributed by atoms with van der Waals surface area (Å²) in [6.45, 7) is 6.46. The van der Waals surface area contributed by atoms with Gasteiger partial charge in [-0.3, -0.25) is 4.79 Å². The fourth-order valence-electron chi connectivity index (χ4n) is 2.04. The van der Waals surface area contributed by atoms with Gasteiger partial charge in [-0.2, -0.15) is 0 Å². The fourth-order valence-corrected chi connectivity index (χ4v) is 2.88. The van der Waals surface area contributed by atoms with E-state index in [9.17, 15) is 4.79 Å². The first kappa shape index (κ1) is 11.6. The topological polar surface area (TPSA) is 32.3 Å². The largest absolute Gasteiger partial charge is 0.341 e. The lowest BCUT2D eigenvalue weighted by atomic mass is 10.2. The van der Waals surface area contributed by atoms with E-state index in [1.807, 2.05) is 16.2 Å². The maximum Gasteiger partial charge on any atom is 0.219 e. The molecular weight excluding hydrogens is 220 g/mol. The van der Waals surface area contributed by atoms with E-state index in [4.69, 9.17) is 0 Å². The van der Waals surface area contributed by atoms with Crippen molar-refractivity contribution in [2.75, 3.05) is 13.1 Å². The predicted octanol–water partition coefficient (Wildman–Crippen LogP) is 1.77. The Morgan fingerprint density at radius 3 is 3.00 bits per heavy atom. The van der Waals surface area contributed by atoms with Crippen molar-refractivity contribution in [2.45, 2.75) is 32.9 Å². The van der Waals surface area contributed by atoms with Gasteiger partial charge in [0.15, 0.2) is 0 Å². The summed E-state index contributed by atoms with van der Waals surface area (Å²) in [5.74, 6) is 0.191. The summed E-state index contributed by atoms with van der Waals surface area (Å²) in [6, 6.07) is 4.79. The van der Waals surface area contributed by atoms with Crippen molar-refractivity contribution in [3.05, 3.63) is 21.9 Å². The van der Waals surface area contributed by atoms with Gasteiger partial charge in [-0.25, -0.2) is 0 Å². The molecule has 1 unspecified atom stereocenters. The van der Waals surface area contributed by atoms with Gasteiger partial charge in [-0.15, -0.1) is 11.3 Å². The van der Waals surface area contributed by atoms with Gasteiger partial charge in [-0.05, 0) is 25.5 Å². The highest BCUT2D eigenvalue weighted by molar-refractivity contribution is 7.11. The number of amides is 1. The number of rotatable bonds is 3. The number of hydrogen-bond donors (Lipinski definition) is 1. The molecule has 1 saturated heterocycles. The second kappa shape index (κ2) is 4.97. The van der Waals surface area contributed by atoms with Crippen LogP contribution in [-0.2, 0) is 11.3 Å². The Labute approximate surface area is 100 Å². The molecule has 0 radical (unpaired) electrons. The molecule has 2 rings (SSSR count). The van der Waals surface area contributed by atoms with E-state index in [1.54, 1.807) is 6.92 Å². The average molecular weight is 238 g/mol. The molecule has 0 aromatic carbocycles. The van der Waals surface area contributed by atoms with Crippen LogP contribution >= 0.6 is 11.3 Å². The molecule has 2 heterocycles. The molecule has 1 aromatic rings. The zero-order valence-electron chi connectivity index (χ0n) is 9.82. The third-order valence-corrected chi connectivity index (χ3v) is 4.00. The van der Waals surface area contributed by atoms with Crippen LogP contribution < -0.4 is 5.32 Å². The lowest BCUT2D eigenvalue weighted by molar-refractivity contribution is -0.127. The van der Waals surface area contributed by atoms with Crippen LogP contribution in [0.15, 0.2) is 12.1 Å². The van der Waals surface area contributed by atoms with Crippen LogP contribution in [0, 0.1) is 6.92 Å². The van der Waals surface area contributed by atoms with Crippen LogP contribution in [0.4, 0.5) is 0 Å². The summed E-state index contributed by atoms with van der Waals surface area (Å²) in [5.41, 5.74) is 0. The highest BCUT2D eigenvalue weighted by atomic mass is 32.1. The zero-order valence-corrected chi connectivity index (χ0v) is 10.6. The van der Waals surface area contributed by atoms with Crippen LogP contribution in [0.1, 0.15) is 23.1 Å². The van der Waals surface area contributed by atoms with Crippen molar-refractivity contribution in [1.29, 1.82) is 0 Å². The number of aryl methyl sites for hydroxylation is 1. The molecule has 0 spiro atoms. The molecule has 16 heavy (non-hydrogen) atoms. The Kier molecular flexibility index (Phi) is 3.61. The maximum atomic E-state index is 11.2. The van der Waals surface area contributed by atoms with Gasteiger partial charge in [0.05, 0.1) is 0 Å². The molecule has 1 amide bonds. The molecule has 1 aliphatic rings. The first-order valence-corrected chi connectivity index (χ1v) is 6.51. The van der Waals surface area contributed by atoms with Gasteiger partial charge in [0, 0.05) is 42.4 Å². The van der Waals surface area contributed by atoms with Crippen molar-refractivity contribution >= 4 is 17.2 Å².